The van der Waals surface area contributed by atoms with E-state index in [0.29, 0.717) is 13.0 Å². The van der Waals surface area contributed by atoms with Crippen molar-refractivity contribution in [3.05, 3.63) is 17.7 Å². The molecule has 3 N–H and O–H groups in total. The van der Waals surface area contributed by atoms with E-state index in [4.69, 9.17) is 0 Å². The van der Waals surface area contributed by atoms with Crippen molar-refractivity contribution < 1.29 is 4.79 Å². The maximum Gasteiger partial charge on any atom is 0.237 e. The third-order valence-corrected chi connectivity index (χ3v) is 4.37. The van der Waals surface area contributed by atoms with Crippen LogP contribution in [0.5, 0.6) is 0 Å². The molecule has 104 valence electrons. The molecule has 1 aliphatic heterocycles. The fourth-order valence-corrected chi connectivity index (χ4v) is 3.18. The molecular weight excluding hydrogens is 240 g/mol. The van der Waals surface area contributed by atoms with E-state index in [0.717, 1.165) is 30.3 Å². The van der Waals surface area contributed by atoms with Gasteiger partial charge in [-0.2, -0.15) is 0 Å². The van der Waals surface area contributed by atoms with Crippen molar-refractivity contribution in [2.24, 2.45) is 5.92 Å². The quantitative estimate of drug-likeness (QED) is 0.761. The summed E-state index contributed by atoms with van der Waals surface area (Å²) in [5, 5.41) is 6.32. The van der Waals surface area contributed by atoms with Crippen molar-refractivity contribution in [1.29, 1.82) is 0 Å². The third kappa shape index (κ3) is 2.97. The van der Waals surface area contributed by atoms with Crippen LogP contribution in [0.3, 0.4) is 0 Å². The Hall–Kier alpha value is -1.36. The van der Waals surface area contributed by atoms with Crippen molar-refractivity contribution in [1.82, 2.24) is 20.6 Å². The summed E-state index contributed by atoms with van der Waals surface area (Å²) in [4.78, 5) is 19.4. The fourth-order valence-electron chi connectivity index (χ4n) is 3.18. The van der Waals surface area contributed by atoms with Crippen LogP contribution in [-0.4, -0.2) is 28.5 Å². The van der Waals surface area contributed by atoms with E-state index in [1.165, 1.54) is 25.7 Å². The summed E-state index contributed by atoms with van der Waals surface area (Å²) in [6.07, 6.45) is 8.94. The average Bonchev–Trinajstić information content (AvgIpc) is 3.08. The minimum atomic E-state index is -0.126. The number of fused-ring (bicyclic) bond motifs is 1. The molecule has 0 spiro atoms. The number of H-pyrrole nitrogens is 1. The van der Waals surface area contributed by atoms with Gasteiger partial charge in [-0.3, -0.25) is 10.1 Å². The molecule has 2 heterocycles. The van der Waals surface area contributed by atoms with Crippen molar-refractivity contribution >= 4 is 5.91 Å². The Morgan fingerprint density at radius 1 is 1.42 bits per heavy atom. The topological polar surface area (TPSA) is 69.8 Å². The van der Waals surface area contributed by atoms with Gasteiger partial charge >= 0.3 is 0 Å². The van der Waals surface area contributed by atoms with E-state index in [-0.39, 0.29) is 11.9 Å². The van der Waals surface area contributed by atoms with Crippen molar-refractivity contribution in [2.45, 2.75) is 51.1 Å². The summed E-state index contributed by atoms with van der Waals surface area (Å²) < 4.78 is 0. The van der Waals surface area contributed by atoms with E-state index in [1.807, 2.05) is 0 Å². The van der Waals surface area contributed by atoms with E-state index in [1.54, 1.807) is 6.33 Å². The Balaban J connectivity index is 1.43. The summed E-state index contributed by atoms with van der Waals surface area (Å²) >= 11 is 0. The molecule has 0 saturated heterocycles. The van der Waals surface area contributed by atoms with Gasteiger partial charge in [0.2, 0.25) is 5.91 Å². The number of carbonyl (C=O) groups excluding carboxylic acids is 1. The number of aromatic nitrogens is 2. The van der Waals surface area contributed by atoms with E-state index in [2.05, 4.69) is 20.6 Å². The van der Waals surface area contributed by atoms with Gasteiger partial charge in [0.05, 0.1) is 23.8 Å². The van der Waals surface area contributed by atoms with Crippen molar-refractivity contribution in [3.8, 4) is 0 Å². The third-order valence-electron chi connectivity index (χ3n) is 4.37. The van der Waals surface area contributed by atoms with Crippen LogP contribution in [-0.2, 0) is 17.8 Å². The first kappa shape index (κ1) is 12.7. The molecule has 1 fully saturated rings. The molecule has 1 atom stereocenters. The summed E-state index contributed by atoms with van der Waals surface area (Å²) in [5.74, 6) is 0.948. The molecule has 5 nitrogen and oxygen atoms in total. The number of rotatable bonds is 4. The highest BCUT2D eigenvalue weighted by atomic mass is 16.2. The Morgan fingerprint density at radius 3 is 3.11 bits per heavy atom. The number of nitrogens with one attached hydrogen (secondary N) is 3. The first-order chi connectivity index (χ1) is 9.33. The van der Waals surface area contributed by atoms with Gasteiger partial charge in [0.25, 0.3) is 0 Å². The molecule has 2 aliphatic rings. The van der Waals surface area contributed by atoms with E-state index < -0.39 is 0 Å². The Bertz CT molecular complexity index is 436. The highest BCUT2D eigenvalue weighted by Gasteiger charge is 2.25. The summed E-state index contributed by atoms with van der Waals surface area (Å²) in [6.45, 7) is 1.52. The van der Waals surface area contributed by atoms with Gasteiger partial charge in [0.15, 0.2) is 0 Å². The second kappa shape index (κ2) is 5.74. The second-order valence-electron chi connectivity index (χ2n) is 5.70. The van der Waals surface area contributed by atoms with Crippen molar-refractivity contribution in [3.63, 3.8) is 0 Å². The lowest BCUT2D eigenvalue weighted by Gasteiger charge is -2.22. The molecule has 1 unspecified atom stereocenters. The highest BCUT2D eigenvalue weighted by Crippen LogP contribution is 2.26. The van der Waals surface area contributed by atoms with Gasteiger partial charge in [0, 0.05) is 19.5 Å². The van der Waals surface area contributed by atoms with Crippen molar-refractivity contribution in [2.75, 3.05) is 6.54 Å². The molecule has 5 heteroatoms. The highest BCUT2D eigenvalue weighted by molar-refractivity contribution is 5.82. The molecule has 0 aromatic carbocycles. The smallest absolute Gasteiger partial charge is 0.237 e. The largest absolute Gasteiger partial charge is 0.355 e. The molecule has 0 bridgehead atoms. The number of hydrogen-bond donors (Lipinski definition) is 3. The van der Waals surface area contributed by atoms with Crippen LogP contribution >= 0.6 is 0 Å². The zero-order chi connectivity index (χ0) is 13.1. The SMILES string of the molecule is O=C(NCCC1CCCC1)C1Cc2nc[nH]c2CN1. The monoisotopic (exact) mass is 262 g/mol. The number of nitrogens with zero attached hydrogens (tertiary/aromatic N) is 1. The zero-order valence-electron chi connectivity index (χ0n) is 11.2. The second-order valence-corrected chi connectivity index (χ2v) is 5.70. The van der Waals surface area contributed by atoms with Gasteiger partial charge < -0.3 is 10.3 Å². The van der Waals surface area contributed by atoms with Crippen LogP contribution in [0, 0.1) is 5.92 Å². The normalized spacial score (nSPS) is 23.3. The average molecular weight is 262 g/mol. The fraction of sp³-hybridized carbons (Fsp3) is 0.714. The van der Waals surface area contributed by atoms with Crippen LogP contribution in [0.4, 0.5) is 0 Å². The van der Waals surface area contributed by atoms with Crippen LogP contribution in [0.15, 0.2) is 6.33 Å². The Kier molecular flexibility index (Phi) is 3.82. The minimum Gasteiger partial charge on any atom is -0.355 e. The summed E-state index contributed by atoms with van der Waals surface area (Å²) in [6, 6.07) is -0.126. The van der Waals surface area contributed by atoms with Gasteiger partial charge in [-0.1, -0.05) is 25.7 Å². The standard InChI is InChI=1S/C14H22N4O/c19-14(15-6-5-10-3-1-2-4-10)12-7-11-13(8-16-12)18-9-17-11/h9-10,12,16H,1-8H2,(H,15,19)(H,17,18). The Labute approximate surface area is 113 Å². The number of imidazole rings is 1. The zero-order valence-corrected chi connectivity index (χ0v) is 11.2. The summed E-state index contributed by atoms with van der Waals surface area (Å²) in [5.41, 5.74) is 2.13. The number of hydrogen-bond acceptors (Lipinski definition) is 3. The number of carbonyl (C=O) groups is 1. The Morgan fingerprint density at radius 2 is 2.26 bits per heavy atom. The van der Waals surface area contributed by atoms with Crippen LogP contribution in [0.2, 0.25) is 0 Å². The molecule has 1 saturated carbocycles. The van der Waals surface area contributed by atoms with E-state index in [9.17, 15) is 4.79 Å². The molecule has 3 rings (SSSR count). The lowest BCUT2D eigenvalue weighted by atomic mass is 10.0. The number of aromatic amines is 1. The summed E-state index contributed by atoms with van der Waals surface area (Å²) in [7, 11) is 0. The lowest BCUT2D eigenvalue weighted by Crippen LogP contribution is -2.48. The number of amides is 1. The first-order valence-corrected chi connectivity index (χ1v) is 7.35. The maximum atomic E-state index is 12.1. The van der Waals surface area contributed by atoms with Gasteiger partial charge in [-0.05, 0) is 12.3 Å². The molecule has 1 aromatic rings. The van der Waals surface area contributed by atoms with Gasteiger partial charge in [0.1, 0.15) is 0 Å². The molecule has 1 aromatic heterocycles. The maximum absolute atomic E-state index is 12.1. The molecular formula is C14H22N4O. The minimum absolute atomic E-state index is 0.117. The van der Waals surface area contributed by atoms with Gasteiger partial charge in [-0.15, -0.1) is 0 Å². The van der Waals surface area contributed by atoms with E-state index >= 15 is 0 Å². The van der Waals surface area contributed by atoms with Gasteiger partial charge in [-0.25, -0.2) is 4.98 Å². The predicted octanol–water partition coefficient (Wildman–Crippen LogP) is 1.12. The molecule has 1 aliphatic carbocycles. The molecule has 1 amide bonds. The lowest BCUT2D eigenvalue weighted by molar-refractivity contribution is -0.123. The van der Waals surface area contributed by atoms with Crippen LogP contribution in [0.25, 0.3) is 0 Å². The molecule has 0 radical (unpaired) electrons. The predicted molar refractivity (Wildman–Crippen MR) is 72.5 cm³/mol. The van der Waals surface area contributed by atoms with Crippen LogP contribution < -0.4 is 10.6 Å². The first-order valence-electron chi connectivity index (χ1n) is 7.35. The molecule has 19 heavy (non-hydrogen) atoms. The van der Waals surface area contributed by atoms with Crippen LogP contribution in [0.1, 0.15) is 43.5 Å².